The molecule has 30 heavy (non-hydrogen) atoms. The zero-order valence-electron chi connectivity index (χ0n) is 17.5. The van der Waals surface area contributed by atoms with Crippen molar-refractivity contribution in [1.29, 1.82) is 0 Å². The van der Waals surface area contributed by atoms with E-state index < -0.39 is 0 Å². The van der Waals surface area contributed by atoms with Crippen molar-refractivity contribution in [3.8, 4) is 5.75 Å². The van der Waals surface area contributed by atoms with Gasteiger partial charge in [-0.2, -0.15) is 0 Å². The van der Waals surface area contributed by atoms with Crippen LogP contribution in [0.4, 0.5) is 4.39 Å². The van der Waals surface area contributed by atoms with Crippen LogP contribution in [0.1, 0.15) is 31.9 Å². The second-order valence-corrected chi connectivity index (χ2v) is 8.08. The molecule has 0 radical (unpaired) electrons. The Morgan fingerprint density at radius 3 is 2.37 bits per heavy atom. The van der Waals surface area contributed by atoms with Gasteiger partial charge in [0, 0.05) is 24.2 Å². The van der Waals surface area contributed by atoms with Crippen LogP contribution in [0.5, 0.6) is 5.75 Å². The first kappa shape index (κ1) is 23.6. The molecular weight excluding hydrogens is 403 g/mol. The molecule has 160 valence electrons. The standard InChI is InChI=1S/C24H27FN2O2.ClH/c1-24(2,3)27-23(28)16-29-22-13-10-18-6-4-5-7-20(18)21(22)15-26-14-17-8-11-19(25)12-9-17;/h4-13,26H,14-16H2,1-3H3,(H,27,28);1H. The summed E-state index contributed by atoms with van der Waals surface area (Å²) in [5, 5.41) is 8.48. The van der Waals surface area contributed by atoms with E-state index in [1.54, 1.807) is 12.1 Å². The van der Waals surface area contributed by atoms with E-state index in [4.69, 9.17) is 4.74 Å². The minimum Gasteiger partial charge on any atom is -0.483 e. The van der Waals surface area contributed by atoms with Crippen molar-refractivity contribution in [1.82, 2.24) is 10.6 Å². The maximum atomic E-state index is 13.1. The Morgan fingerprint density at radius 2 is 1.67 bits per heavy atom. The van der Waals surface area contributed by atoms with Crippen LogP contribution < -0.4 is 15.4 Å². The number of benzene rings is 3. The lowest BCUT2D eigenvalue weighted by molar-refractivity contribution is -0.124. The third kappa shape index (κ3) is 6.71. The molecule has 0 bridgehead atoms. The molecule has 4 nitrogen and oxygen atoms in total. The summed E-state index contributed by atoms with van der Waals surface area (Å²) < 4.78 is 19.0. The Kier molecular flexibility index (Phi) is 8.21. The van der Waals surface area contributed by atoms with Gasteiger partial charge in [0.15, 0.2) is 6.61 Å². The van der Waals surface area contributed by atoms with E-state index in [0.717, 1.165) is 21.9 Å². The van der Waals surface area contributed by atoms with Crippen LogP contribution in [0.3, 0.4) is 0 Å². The van der Waals surface area contributed by atoms with Crippen LogP contribution in [0.2, 0.25) is 0 Å². The van der Waals surface area contributed by atoms with Gasteiger partial charge in [-0.25, -0.2) is 4.39 Å². The summed E-state index contributed by atoms with van der Waals surface area (Å²) in [5.41, 5.74) is 1.69. The molecule has 0 saturated carbocycles. The van der Waals surface area contributed by atoms with Crippen LogP contribution in [-0.4, -0.2) is 18.1 Å². The quantitative estimate of drug-likeness (QED) is 0.555. The second-order valence-electron chi connectivity index (χ2n) is 8.08. The van der Waals surface area contributed by atoms with Crippen molar-refractivity contribution in [2.45, 2.75) is 39.4 Å². The van der Waals surface area contributed by atoms with Crippen molar-refractivity contribution < 1.29 is 13.9 Å². The molecule has 1 amide bonds. The average Bonchev–Trinajstić information content (AvgIpc) is 2.67. The summed E-state index contributed by atoms with van der Waals surface area (Å²) in [6.45, 7) is 6.94. The molecule has 0 aromatic heterocycles. The highest BCUT2D eigenvalue weighted by Gasteiger charge is 2.15. The van der Waals surface area contributed by atoms with Crippen LogP contribution in [0, 0.1) is 5.82 Å². The van der Waals surface area contributed by atoms with Crippen LogP contribution in [0.25, 0.3) is 10.8 Å². The van der Waals surface area contributed by atoms with E-state index in [2.05, 4.69) is 16.7 Å². The number of halogens is 2. The Labute approximate surface area is 183 Å². The van der Waals surface area contributed by atoms with Crippen LogP contribution in [0.15, 0.2) is 60.7 Å². The molecule has 3 rings (SSSR count). The molecule has 0 aliphatic heterocycles. The first-order valence-corrected chi connectivity index (χ1v) is 9.71. The number of carbonyl (C=O) groups excluding carboxylic acids is 1. The van der Waals surface area contributed by atoms with Gasteiger partial charge in [0.1, 0.15) is 11.6 Å². The number of nitrogens with one attached hydrogen (secondary N) is 2. The molecule has 6 heteroatoms. The Hall–Kier alpha value is -2.63. The zero-order valence-corrected chi connectivity index (χ0v) is 18.3. The minimum atomic E-state index is -0.302. The van der Waals surface area contributed by atoms with Crippen molar-refractivity contribution >= 4 is 29.1 Å². The van der Waals surface area contributed by atoms with E-state index in [-0.39, 0.29) is 36.3 Å². The molecule has 0 fully saturated rings. The van der Waals surface area contributed by atoms with Crippen molar-refractivity contribution in [2.24, 2.45) is 0 Å². The highest BCUT2D eigenvalue weighted by Crippen LogP contribution is 2.28. The monoisotopic (exact) mass is 430 g/mol. The number of hydrogen-bond donors (Lipinski definition) is 2. The highest BCUT2D eigenvalue weighted by molar-refractivity contribution is 5.88. The van der Waals surface area contributed by atoms with Gasteiger partial charge in [0.2, 0.25) is 0 Å². The number of fused-ring (bicyclic) bond motifs is 1. The predicted molar refractivity (Wildman–Crippen MR) is 122 cm³/mol. The van der Waals surface area contributed by atoms with E-state index >= 15 is 0 Å². The molecule has 0 atom stereocenters. The van der Waals surface area contributed by atoms with Gasteiger partial charge in [-0.3, -0.25) is 4.79 Å². The normalized spacial score (nSPS) is 11.1. The van der Waals surface area contributed by atoms with E-state index in [9.17, 15) is 9.18 Å². The van der Waals surface area contributed by atoms with Crippen LogP contribution >= 0.6 is 12.4 Å². The summed E-state index contributed by atoms with van der Waals surface area (Å²) in [7, 11) is 0. The van der Waals surface area contributed by atoms with Gasteiger partial charge >= 0.3 is 0 Å². The van der Waals surface area contributed by atoms with Crippen LogP contribution in [-0.2, 0) is 17.9 Å². The fourth-order valence-corrected chi connectivity index (χ4v) is 3.17. The van der Waals surface area contributed by atoms with E-state index in [1.165, 1.54) is 12.1 Å². The molecule has 0 heterocycles. The lowest BCUT2D eigenvalue weighted by Crippen LogP contribution is -2.43. The summed E-state index contributed by atoms with van der Waals surface area (Å²) in [6.07, 6.45) is 0. The summed E-state index contributed by atoms with van der Waals surface area (Å²) in [4.78, 5) is 12.2. The summed E-state index contributed by atoms with van der Waals surface area (Å²) in [5.74, 6) is 0.280. The van der Waals surface area contributed by atoms with Gasteiger partial charge in [0.05, 0.1) is 0 Å². The Bertz CT molecular complexity index is 985. The number of amides is 1. The molecule has 0 unspecified atom stereocenters. The maximum Gasteiger partial charge on any atom is 0.258 e. The van der Waals surface area contributed by atoms with Crippen molar-refractivity contribution in [2.75, 3.05) is 6.61 Å². The molecule has 0 aliphatic rings. The van der Waals surface area contributed by atoms with Crippen molar-refractivity contribution in [3.63, 3.8) is 0 Å². The number of ether oxygens (including phenoxy) is 1. The third-order valence-corrected chi connectivity index (χ3v) is 4.41. The fraction of sp³-hybridized carbons (Fsp3) is 0.292. The topological polar surface area (TPSA) is 50.4 Å². The molecular formula is C24H28ClFN2O2. The average molecular weight is 431 g/mol. The largest absolute Gasteiger partial charge is 0.483 e. The van der Waals surface area contributed by atoms with Gasteiger partial charge in [-0.05, 0) is 55.3 Å². The summed E-state index contributed by atoms with van der Waals surface area (Å²) >= 11 is 0. The summed E-state index contributed by atoms with van der Waals surface area (Å²) in [6, 6.07) is 18.4. The molecule has 0 aliphatic carbocycles. The lowest BCUT2D eigenvalue weighted by Gasteiger charge is -2.21. The predicted octanol–water partition coefficient (Wildman–Crippen LogP) is 4.98. The smallest absolute Gasteiger partial charge is 0.258 e. The number of rotatable bonds is 7. The SMILES string of the molecule is CC(C)(C)NC(=O)COc1ccc2ccccc2c1CNCc1ccc(F)cc1.Cl. The third-order valence-electron chi connectivity index (χ3n) is 4.41. The Morgan fingerprint density at radius 1 is 0.967 bits per heavy atom. The van der Waals surface area contributed by atoms with E-state index in [0.29, 0.717) is 18.8 Å². The van der Waals surface area contributed by atoms with Crippen molar-refractivity contribution in [3.05, 3.63) is 77.6 Å². The lowest BCUT2D eigenvalue weighted by atomic mass is 10.0. The molecule has 0 spiro atoms. The minimum absolute atomic E-state index is 0. The zero-order chi connectivity index (χ0) is 20.9. The maximum absolute atomic E-state index is 13.1. The molecule has 3 aromatic carbocycles. The highest BCUT2D eigenvalue weighted by atomic mass is 35.5. The first-order valence-electron chi connectivity index (χ1n) is 9.71. The molecule has 0 saturated heterocycles. The van der Waals surface area contributed by atoms with Gasteiger partial charge in [0.25, 0.3) is 5.91 Å². The Balaban J connectivity index is 0.00000320. The van der Waals surface area contributed by atoms with Gasteiger partial charge < -0.3 is 15.4 Å². The van der Waals surface area contributed by atoms with Gasteiger partial charge in [-0.15, -0.1) is 12.4 Å². The van der Waals surface area contributed by atoms with E-state index in [1.807, 2.05) is 51.1 Å². The first-order chi connectivity index (χ1) is 13.8. The number of hydrogen-bond acceptors (Lipinski definition) is 3. The van der Waals surface area contributed by atoms with Gasteiger partial charge in [-0.1, -0.05) is 42.5 Å². The molecule has 3 aromatic rings. The second kappa shape index (κ2) is 10.4. The fourth-order valence-electron chi connectivity index (χ4n) is 3.17. The number of carbonyl (C=O) groups is 1. The molecule has 2 N–H and O–H groups in total.